The summed E-state index contributed by atoms with van der Waals surface area (Å²) in [5.41, 5.74) is 0.933. The predicted molar refractivity (Wildman–Crippen MR) is 127 cm³/mol. The van der Waals surface area contributed by atoms with Crippen LogP contribution in [0.5, 0.6) is 5.88 Å². The Bertz CT molecular complexity index is 1300. The number of sulfonamides is 1. The standard InChI is InChI=1S/C22H23ClN4O5S2/c1-31-19-13-15(12-18(23)24-19)21(28)26-8-5-22(6-9-26)7-10-27(14-22)34(29,30)20-3-2-17(33-20)16-4-11-32-25-16/h2-4,11-13H,5-10,14H2,1H3. The average molecular weight is 523 g/mol. The zero-order chi connectivity index (χ0) is 23.9. The monoisotopic (exact) mass is 522 g/mol. The second-order valence-corrected chi connectivity index (χ2v) is 12.2. The number of hydrogen-bond donors (Lipinski definition) is 0. The van der Waals surface area contributed by atoms with Gasteiger partial charge in [0.15, 0.2) is 0 Å². The molecule has 0 atom stereocenters. The molecule has 2 saturated heterocycles. The predicted octanol–water partition coefficient (Wildman–Crippen LogP) is 3.78. The Hall–Kier alpha value is -2.47. The minimum absolute atomic E-state index is 0.121. The van der Waals surface area contributed by atoms with Crippen LogP contribution in [0.1, 0.15) is 29.6 Å². The molecule has 0 N–H and O–H groups in total. The molecule has 0 bridgehead atoms. The van der Waals surface area contributed by atoms with Gasteiger partial charge in [0.2, 0.25) is 5.88 Å². The number of hydrogen-bond acceptors (Lipinski definition) is 8. The molecular weight excluding hydrogens is 500 g/mol. The maximum absolute atomic E-state index is 13.3. The van der Waals surface area contributed by atoms with Crippen molar-refractivity contribution in [3.8, 4) is 16.5 Å². The molecule has 0 unspecified atom stereocenters. The lowest BCUT2D eigenvalue weighted by Crippen LogP contribution is -2.44. The van der Waals surface area contributed by atoms with Crippen molar-refractivity contribution in [3.63, 3.8) is 0 Å². The van der Waals surface area contributed by atoms with Gasteiger partial charge in [0.1, 0.15) is 21.3 Å². The number of carbonyl (C=O) groups excluding carboxylic acids is 1. The van der Waals surface area contributed by atoms with Crippen LogP contribution in [-0.4, -0.2) is 67.0 Å². The molecule has 5 rings (SSSR count). The van der Waals surface area contributed by atoms with E-state index in [9.17, 15) is 13.2 Å². The molecule has 3 aromatic rings. The highest BCUT2D eigenvalue weighted by molar-refractivity contribution is 7.91. The third-order valence-corrected chi connectivity index (χ3v) is 10.2. The van der Waals surface area contributed by atoms with Gasteiger partial charge in [-0.15, -0.1) is 11.3 Å². The second-order valence-electron chi connectivity index (χ2n) is 8.61. The summed E-state index contributed by atoms with van der Waals surface area (Å²) >= 11 is 7.21. The van der Waals surface area contributed by atoms with E-state index in [4.69, 9.17) is 20.9 Å². The van der Waals surface area contributed by atoms with Crippen LogP contribution in [0.15, 0.2) is 45.3 Å². The number of halogens is 1. The lowest BCUT2D eigenvalue weighted by molar-refractivity contribution is 0.0599. The number of methoxy groups -OCH3 is 1. The van der Waals surface area contributed by atoms with E-state index in [1.165, 1.54) is 30.8 Å². The first-order valence-corrected chi connectivity index (χ1v) is 13.4. The van der Waals surface area contributed by atoms with Crippen molar-refractivity contribution >= 4 is 38.9 Å². The van der Waals surface area contributed by atoms with Crippen molar-refractivity contribution in [2.45, 2.75) is 23.5 Å². The Morgan fingerprint density at radius 1 is 1.18 bits per heavy atom. The van der Waals surface area contributed by atoms with Crippen molar-refractivity contribution in [3.05, 3.63) is 47.3 Å². The summed E-state index contributed by atoms with van der Waals surface area (Å²) in [5, 5.41) is 4.08. The molecule has 0 radical (unpaired) electrons. The van der Waals surface area contributed by atoms with Gasteiger partial charge in [-0.05, 0) is 42.9 Å². The molecule has 12 heteroatoms. The van der Waals surface area contributed by atoms with Crippen molar-refractivity contribution in [2.24, 2.45) is 5.41 Å². The lowest BCUT2D eigenvalue weighted by Gasteiger charge is -2.39. The molecule has 0 aliphatic carbocycles. The highest BCUT2D eigenvalue weighted by Gasteiger charge is 2.45. The first-order chi connectivity index (χ1) is 16.3. The van der Waals surface area contributed by atoms with Crippen LogP contribution < -0.4 is 4.74 Å². The second kappa shape index (κ2) is 8.95. The fourth-order valence-electron chi connectivity index (χ4n) is 4.64. The van der Waals surface area contributed by atoms with Gasteiger partial charge in [-0.25, -0.2) is 13.4 Å². The molecule has 3 aromatic heterocycles. The quantitative estimate of drug-likeness (QED) is 0.469. The van der Waals surface area contributed by atoms with Crippen molar-refractivity contribution in [2.75, 3.05) is 33.3 Å². The number of thiophene rings is 1. The maximum atomic E-state index is 13.3. The van der Waals surface area contributed by atoms with E-state index >= 15 is 0 Å². The third-order valence-electron chi connectivity index (χ3n) is 6.61. The van der Waals surface area contributed by atoms with Gasteiger partial charge in [-0.1, -0.05) is 16.8 Å². The normalized spacial score (nSPS) is 18.5. The number of aromatic nitrogens is 2. The fourth-order valence-corrected chi connectivity index (χ4v) is 7.81. The van der Waals surface area contributed by atoms with E-state index in [-0.39, 0.29) is 16.5 Å². The van der Waals surface area contributed by atoms with Gasteiger partial charge >= 0.3 is 0 Å². The van der Waals surface area contributed by atoms with E-state index < -0.39 is 10.0 Å². The number of pyridine rings is 1. The van der Waals surface area contributed by atoms with E-state index in [1.54, 1.807) is 33.5 Å². The Morgan fingerprint density at radius 3 is 2.65 bits per heavy atom. The smallest absolute Gasteiger partial charge is 0.254 e. The number of amides is 1. The average Bonchev–Trinajstić information content (AvgIpc) is 3.59. The Morgan fingerprint density at radius 2 is 1.94 bits per heavy atom. The van der Waals surface area contributed by atoms with Crippen LogP contribution in [-0.2, 0) is 10.0 Å². The van der Waals surface area contributed by atoms with E-state index in [0.29, 0.717) is 47.5 Å². The number of likely N-dealkylation sites (tertiary alicyclic amines) is 1. The number of piperidine rings is 1. The zero-order valence-electron chi connectivity index (χ0n) is 18.4. The summed E-state index contributed by atoms with van der Waals surface area (Å²) in [7, 11) is -2.12. The molecule has 5 heterocycles. The molecule has 2 aliphatic rings. The largest absolute Gasteiger partial charge is 0.481 e. The summed E-state index contributed by atoms with van der Waals surface area (Å²) in [6.07, 6.45) is 3.74. The van der Waals surface area contributed by atoms with Crippen molar-refractivity contribution in [1.29, 1.82) is 0 Å². The molecule has 9 nitrogen and oxygen atoms in total. The van der Waals surface area contributed by atoms with Gasteiger partial charge in [0, 0.05) is 43.9 Å². The molecule has 0 aromatic carbocycles. The number of carbonyl (C=O) groups is 1. The van der Waals surface area contributed by atoms with E-state index in [1.807, 2.05) is 0 Å². The minimum atomic E-state index is -3.59. The molecule has 1 spiro atoms. The topological polar surface area (TPSA) is 106 Å². The van der Waals surface area contributed by atoms with Crippen LogP contribution in [0.2, 0.25) is 5.15 Å². The summed E-state index contributed by atoms with van der Waals surface area (Å²) < 4.78 is 38.4. The van der Waals surface area contributed by atoms with Crippen LogP contribution in [0.3, 0.4) is 0 Å². The first-order valence-electron chi connectivity index (χ1n) is 10.8. The molecule has 0 saturated carbocycles. The van der Waals surface area contributed by atoms with Gasteiger partial charge in [-0.3, -0.25) is 4.79 Å². The molecule has 2 aliphatic heterocycles. The van der Waals surface area contributed by atoms with Crippen LogP contribution in [0.4, 0.5) is 0 Å². The van der Waals surface area contributed by atoms with Crippen molar-refractivity contribution in [1.82, 2.24) is 19.3 Å². The molecule has 180 valence electrons. The lowest BCUT2D eigenvalue weighted by atomic mass is 9.78. The summed E-state index contributed by atoms with van der Waals surface area (Å²) in [4.78, 5) is 19.6. The maximum Gasteiger partial charge on any atom is 0.254 e. The number of nitrogens with zero attached hydrogens (tertiary/aromatic N) is 4. The van der Waals surface area contributed by atoms with Gasteiger partial charge in [-0.2, -0.15) is 4.31 Å². The molecule has 2 fully saturated rings. The Balaban J connectivity index is 1.25. The van der Waals surface area contributed by atoms with Crippen LogP contribution >= 0.6 is 22.9 Å². The van der Waals surface area contributed by atoms with Crippen LogP contribution in [0.25, 0.3) is 10.6 Å². The number of rotatable bonds is 5. The summed E-state index contributed by atoms with van der Waals surface area (Å²) in [6, 6.07) is 8.21. The van der Waals surface area contributed by atoms with Gasteiger partial charge in [0.25, 0.3) is 15.9 Å². The highest BCUT2D eigenvalue weighted by Crippen LogP contribution is 2.43. The summed E-state index contributed by atoms with van der Waals surface area (Å²) in [5.74, 6) is 0.167. The van der Waals surface area contributed by atoms with E-state index in [0.717, 1.165) is 24.1 Å². The third kappa shape index (κ3) is 4.33. The van der Waals surface area contributed by atoms with Gasteiger partial charge in [0.05, 0.1) is 12.0 Å². The zero-order valence-corrected chi connectivity index (χ0v) is 20.8. The SMILES string of the molecule is COc1cc(C(=O)N2CCC3(CC2)CCN(S(=O)(=O)c2ccc(-c4ccon4)s2)C3)cc(Cl)n1. The number of ether oxygens (including phenoxy) is 1. The molecule has 34 heavy (non-hydrogen) atoms. The highest BCUT2D eigenvalue weighted by atomic mass is 35.5. The molecule has 1 amide bonds. The summed E-state index contributed by atoms with van der Waals surface area (Å²) in [6.45, 7) is 2.06. The Kier molecular flexibility index (Phi) is 6.13. The molecular formula is C22H23ClN4O5S2. The van der Waals surface area contributed by atoms with E-state index in [2.05, 4.69) is 10.1 Å². The van der Waals surface area contributed by atoms with Crippen LogP contribution in [0, 0.1) is 5.41 Å². The fraction of sp³-hybridized carbons (Fsp3) is 0.409. The van der Waals surface area contributed by atoms with Crippen molar-refractivity contribution < 1.29 is 22.5 Å². The minimum Gasteiger partial charge on any atom is -0.481 e. The van der Waals surface area contributed by atoms with Gasteiger partial charge < -0.3 is 14.2 Å². The Labute approximate surface area is 206 Å². The first kappa shape index (κ1) is 23.3.